The van der Waals surface area contributed by atoms with Crippen LogP contribution in [-0.4, -0.2) is 66.4 Å². The standard InChI is InChI=1S/C14H24N2O5/c1-2-5-16(11-8-20-7-10(11)14(18)19)13(17)12-4-3-9(6-15)21-12/h9-12H,2-8,15H2,1H3,(H,18,19). The summed E-state index contributed by atoms with van der Waals surface area (Å²) in [6.45, 7) is 3.32. The van der Waals surface area contributed by atoms with Gasteiger partial charge in [0.2, 0.25) is 0 Å². The number of carboxylic acids is 1. The van der Waals surface area contributed by atoms with Gasteiger partial charge in [0.1, 0.15) is 12.0 Å². The summed E-state index contributed by atoms with van der Waals surface area (Å²) in [6.07, 6.45) is 1.61. The molecule has 4 atom stereocenters. The first-order chi connectivity index (χ1) is 10.1. The summed E-state index contributed by atoms with van der Waals surface area (Å²) in [4.78, 5) is 25.6. The Morgan fingerprint density at radius 3 is 2.67 bits per heavy atom. The van der Waals surface area contributed by atoms with E-state index in [4.69, 9.17) is 15.2 Å². The van der Waals surface area contributed by atoms with Gasteiger partial charge < -0.3 is 25.2 Å². The van der Waals surface area contributed by atoms with Gasteiger partial charge in [-0.1, -0.05) is 6.92 Å². The van der Waals surface area contributed by atoms with Crippen LogP contribution in [0.4, 0.5) is 0 Å². The van der Waals surface area contributed by atoms with E-state index in [0.29, 0.717) is 19.5 Å². The quantitative estimate of drug-likeness (QED) is 0.706. The predicted molar refractivity (Wildman–Crippen MR) is 74.7 cm³/mol. The Hall–Kier alpha value is -1.18. The van der Waals surface area contributed by atoms with Crippen molar-refractivity contribution in [3.05, 3.63) is 0 Å². The third-order valence-electron chi connectivity index (χ3n) is 4.16. The Morgan fingerprint density at radius 1 is 1.33 bits per heavy atom. The van der Waals surface area contributed by atoms with Gasteiger partial charge in [-0.15, -0.1) is 0 Å². The highest BCUT2D eigenvalue weighted by Crippen LogP contribution is 2.26. The van der Waals surface area contributed by atoms with Gasteiger partial charge in [0.25, 0.3) is 5.91 Å². The van der Waals surface area contributed by atoms with Gasteiger partial charge in [-0.3, -0.25) is 9.59 Å². The van der Waals surface area contributed by atoms with Crippen molar-refractivity contribution < 1.29 is 24.2 Å². The minimum Gasteiger partial charge on any atom is -0.481 e. The van der Waals surface area contributed by atoms with Crippen LogP contribution in [0.15, 0.2) is 0 Å². The number of carboxylic acid groups (broad SMARTS) is 1. The number of aliphatic carboxylic acids is 1. The number of rotatable bonds is 6. The van der Waals surface area contributed by atoms with E-state index in [9.17, 15) is 14.7 Å². The monoisotopic (exact) mass is 300 g/mol. The highest BCUT2D eigenvalue weighted by molar-refractivity contribution is 5.82. The maximum Gasteiger partial charge on any atom is 0.311 e. The van der Waals surface area contributed by atoms with Gasteiger partial charge >= 0.3 is 5.97 Å². The smallest absolute Gasteiger partial charge is 0.311 e. The minimum atomic E-state index is -0.918. The largest absolute Gasteiger partial charge is 0.481 e. The molecule has 0 aliphatic carbocycles. The van der Waals surface area contributed by atoms with Gasteiger partial charge in [0, 0.05) is 13.1 Å². The average Bonchev–Trinajstić information content (AvgIpc) is 3.12. The summed E-state index contributed by atoms with van der Waals surface area (Å²) < 4.78 is 10.9. The van der Waals surface area contributed by atoms with Crippen molar-refractivity contribution in [3.63, 3.8) is 0 Å². The summed E-state index contributed by atoms with van der Waals surface area (Å²) >= 11 is 0. The summed E-state index contributed by atoms with van der Waals surface area (Å²) in [5, 5.41) is 9.26. The lowest BCUT2D eigenvalue weighted by Gasteiger charge is -2.32. The van der Waals surface area contributed by atoms with Gasteiger partial charge in [-0.25, -0.2) is 0 Å². The molecule has 2 saturated heterocycles. The Morgan fingerprint density at radius 2 is 2.10 bits per heavy atom. The highest BCUT2D eigenvalue weighted by atomic mass is 16.5. The van der Waals surface area contributed by atoms with Crippen molar-refractivity contribution >= 4 is 11.9 Å². The second kappa shape index (κ2) is 7.20. The molecule has 0 aromatic carbocycles. The fraction of sp³-hybridized carbons (Fsp3) is 0.857. The molecule has 21 heavy (non-hydrogen) atoms. The number of amides is 1. The van der Waals surface area contributed by atoms with Crippen molar-refractivity contribution in [3.8, 4) is 0 Å². The van der Waals surface area contributed by atoms with Crippen LogP contribution < -0.4 is 5.73 Å². The van der Waals surface area contributed by atoms with E-state index in [0.717, 1.165) is 12.8 Å². The van der Waals surface area contributed by atoms with Crippen LogP contribution in [0.5, 0.6) is 0 Å². The zero-order valence-corrected chi connectivity index (χ0v) is 12.4. The first-order valence-corrected chi connectivity index (χ1v) is 7.55. The number of hydrogen-bond donors (Lipinski definition) is 2. The molecule has 3 N–H and O–H groups in total. The molecule has 0 bridgehead atoms. The molecular weight excluding hydrogens is 276 g/mol. The van der Waals surface area contributed by atoms with Crippen molar-refractivity contribution in [1.29, 1.82) is 0 Å². The van der Waals surface area contributed by atoms with E-state index in [1.807, 2.05) is 6.92 Å². The SMILES string of the molecule is CCCN(C(=O)C1CCC(CN)O1)C1COCC1C(=O)O. The lowest BCUT2D eigenvalue weighted by molar-refractivity contribution is -0.149. The number of carbonyl (C=O) groups is 2. The number of carbonyl (C=O) groups excluding carboxylic acids is 1. The molecule has 0 saturated carbocycles. The number of hydrogen-bond acceptors (Lipinski definition) is 5. The number of nitrogens with two attached hydrogens (primary N) is 1. The molecule has 7 heteroatoms. The predicted octanol–water partition coefficient (Wildman–Crippen LogP) is -0.169. The van der Waals surface area contributed by atoms with Crippen LogP contribution in [0.25, 0.3) is 0 Å². The molecule has 120 valence electrons. The van der Waals surface area contributed by atoms with Gasteiger partial charge in [-0.2, -0.15) is 0 Å². The maximum atomic E-state index is 12.7. The highest BCUT2D eigenvalue weighted by Gasteiger charge is 2.42. The third-order valence-corrected chi connectivity index (χ3v) is 4.16. The van der Waals surface area contributed by atoms with Crippen LogP contribution >= 0.6 is 0 Å². The maximum absolute atomic E-state index is 12.7. The van der Waals surface area contributed by atoms with Crippen LogP contribution in [0.3, 0.4) is 0 Å². The summed E-state index contributed by atoms with van der Waals surface area (Å²) in [5.41, 5.74) is 5.57. The topological polar surface area (TPSA) is 102 Å². The first kappa shape index (κ1) is 16.2. The second-order valence-electron chi connectivity index (χ2n) is 5.64. The van der Waals surface area contributed by atoms with E-state index in [2.05, 4.69) is 0 Å². The normalized spacial score (nSPS) is 32.3. The fourth-order valence-corrected chi connectivity index (χ4v) is 3.01. The van der Waals surface area contributed by atoms with Crippen molar-refractivity contribution in [1.82, 2.24) is 4.90 Å². The molecule has 2 heterocycles. The first-order valence-electron chi connectivity index (χ1n) is 7.55. The van der Waals surface area contributed by atoms with Gasteiger partial charge in [0.15, 0.2) is 0 Å². The zero-order chi connectivity index (χ0) is 15.4. The fourth-order valence-electron chi connectivity index (χ4n) is 3.01. The van der Waals surface area contributed by atoms with Crippen LogP contribution in [0, 0.1) is 5.92 Å². The third kappa shape index (κ3) is 3.53. The van der Waals surface area contributed by atoms with E-state index >= 15 is 0 Å². The Labute approximate surface area is 124 Å². The Balaban J connectivity index is 2.07. The summed E-state index contributed by atoms with van der Waals surface area (Å²) in [5.74, 6) is -1.71. The number of ether oxygens (including phenoxy) is 2. The average molecular weight is 300 g/mol. The molecule has 2 aliphatic rings. The van der Waals surface area contributed by atoms with Gasteiger partial charge in [-0.05, 0) is 19.3 Å². The Bertz CT molecular complexity index is 390. The van der Waals surface area contributed by atoms with Crippen molar-refractivity contribution in [2.24, 2.45) is 11.7 Å². The van der Waals surface area contributed by atoms with Crippen LogP contribution in [0.2, 0.25) is 0 Å². The molecule has 1 amide bonds. The summed E-state index contributed by atoms with van der Waals surface area (Å²) in [7, 11) is 0. The van der Waals surface area contributed by atoms with Crippen LogP contribution in [-0.2, 0) is 19.1 Å². The van der Waals surface area contributed by atoms with Crippen LogP contribution in [0.1, 0.15) is 26.2 Å². The second-order valence-corrected chi connectivity index (χ2v) is 5.64. The number of nitrogens with zero attached hydrogens (tertiary/aromatic N) is 1. The van der Waals surface area contributed by atoms with E-state index in [1.165, 1.54) is 0 Å². The molecular formula is C14H24N2O5. The molecule has 7 nitrogen and oxygen atoms in total. The summed E-state index contributed by atoms with van der Waals surface area (Å²) in [6, 6.07) is -0.407. The molecule has 0 radical (unpaired) electrons. The minimum absolute atomic E-state index is 0.0717. The molecule has 2 aliphatic heterocycles. The van der Waals surface area contributed by atoms with Crippen molar-refractivity contribution in [2.75, 3.05) is 26.3 Å². The molecule has 0 spiro atoms. The molecule has 0 aromatic heterocycles. The molecule has 0 aromatic rings. The lowest BCUT2D eigenvalue weighted by atomic mass is 10.0. The lowest BCUT2D eigenvalue weighted by Crippen LogP contribution is -2.50. The van der Waals surface area contributed by atoms with Gasteiger partial charge in [0.05, 0.1) is 25.4 Å². The molecule has 2 rings (SSSR count). The van der Waals surface area contributed by atoms with E-state index in [1.54, 1.807) is 4.90 Å². The molecule has 2 fully saturated rings. The zero-order valence-electron chi connectivity index (χ0n) is 12.4. The van der Waals surface area contributed by atoms with E-state index < -0.39 is 24.0 Å². The Kier molecular flexibility index (Phi) is 5.55. The van der Waals surface area contributed by atoms with Crippen molar-refractivity contribution in [2.45, 2.75) is 44.4 Å². The molecule has 4 unspecified atom stereocenters. The van der Waals surface area contributed by atoms with E-state index in [-0.39, 0.29) is 25.2 Å².